The summed E-state index contributed by atoms with van der Waals surface area (Å²) in [5, 5.41) is 2.84. The van der Waals surface area contributed by atoms with Crippen LogP contribution in [-0.2, 0) is 11.2 Å². The zero-order valence-electron chi connectivity index (χ0n) is 11.8. The van der Waals surface area contributed by atoms with Gasteiger partial charge in [0.1, 0.15) is 5.75 Å². The maximum Gasteiger partial charge on any atom is 0.262 e. The number of hydrogen-bond donors (Lipinski definition) is 1. The number of hydrogen-bond acceptors (Lipinski definition) is 2. The molecular formula is C17H19NO2. The summed E-state index contributed by atoms with van der Waals surface area (Å²) in [5.74, 6) is 0.556. The standard InChI is InChI=1S/C17H19NO2/c1-3-14-8-10-15(11-9-14)20-12-17(19)18-16-7-5-4-6-13(16)2/h4-11H,3,12H2,1-2H3,(H,18,19). The Bertz CT molecular complexity index is 576. The molecule has 3 nitrogen and oxygen atoms in total. The molecule has 104 valence electrons. The van der Waals surface area contributed by atoms with E-state index >= 15 is 0 Å². The predicted octanol–water partition coefficient (Wildman–Crippen LogP) is 3.57. The van der Waals surface area contributed by atoms with Gasteiger partial charge in [-0.25, -0.2) is 0 Å². The van der Waals surface area contributed by atoms with Gasteiger partial charge in [-0.05, 0) is 42.7 Å². The summed E-state index contributed by atoms with van der Waals surface area (Å²) in [4.78, 5) is 11.8. The fourth-order valence-corrected chi connectivity index (χ4v) is 1.87. The number of aryl methyl sites for hydroxylation is 2. The highest BCUT2D eigenvalue weighted by Crippen LogP contribution is 2.14. The number of ether oxygens (including phenoxy) is 1. The van der Waals surface area contributed by atoms with Crippen LogP contribution in [0.15, 0.2) is 48.5 Å². The fraction of sp³-hybridized carbons (Fsp3) is 0.235. The number of para-hydroxylation sites is 1. The first kappa shape index (κ1) is 14.1. The molecule has 0 bridgehead atoms. The first-order valence-electron chi connectivity index (χ1n) is 6.76. The van der Waals surface area contributed by atoms with E-state index in [9.17, 15) is 4.79 Å². The monoisotopic (exact) mass is 269 g/mol. The number of amides is 1. The summed E-state index contributed by atoms with van der Waals surface area (Å²) < 4.78 is 5.47. The number of carbonyl (C=O) groups excluding carboxylic acids is 1. The molecule has 0 heterocycles. The van der Waals surface area contributed by atoms with Crippen molar-refractivity contribution >= 4 is 11.6 Å². The lowest BCUT2D eigenvalue weighted by Gasteiger charge is -2.09. The van der Waals surface area contributed by atoms with Gasteiger partial charge in [-0.15, -0.1) is 0 Å². The summed E-state index contributed by atoms with van der Waals surface area (Å²) >= 11 is 0. The van der Waals surface area contributed by atoms with Crippen LogP contribution in [0.25, 0.3) is 0 Å². The van der Waals surface area contributed by atoms with Crippen LogP contribution in [0, 0.1) is 6.92 Å². The van der Waals surface area contributed by atoms with E-state index in [1.54, 1.807) is 0 Å². The molecule has 0 saturated heterocycles. The molecule has 0 aliphatic carbocycles. The van der Waals surface area contributed by atoms with Crippen LogP contribution >= 0.6 is 0 Å². The van der Waals surface area contributed by atoms with Crippen molar-refractivity contribution in [2.24, 2.45) is 0 Å². The van der Waals surface area contributed by atoms with Gasteiger partial charge in [0.05, 0.1) is 0 Å². The lowest BCUT2D eigenvalue weighted by atomic mass is 10.2. The highest BCUT2D eigenvalue weighted by atomic mass is 16.5. The molecule has 0 atom stereocenters. The van der Waals surface area contributed by atoms with Gasteiger partial charge in [-0.1, -0.05) is 37.3 Å². The summed E-state index contributed by atoms with van der Waals surface area (Å²) in [6, 6.07) is 15.5. The summed E-state index contributed by atoms with van der Waals surface area (Å²) in [5.41, 5.74) is 3.11. The highest BCUT2D eigenvalue weighted by molar-refractivity contribution is 5.92. The van der Waals surface area contributed by atoms with E-state index in [0.717, 1.165) is 17.7 Å². The van der Waals surface area contributed by atoms with E-state index < -0.39 is 0 Å². The van der Waals surface area contributed by atoms with Gasteiger partial charge in [-0.2, -0.15) is 0 Å². The second-order valence-corrected chi connectivity index (χ2v) is 4.65. The molecule has 0 aliphatic heterocycles. The van der Waals surface area contributed by atoms with Crippen molar-refractivity contribution in [2.75, 3.05) is 11.9 Å². The Kier molecular flexibility index (Phi) is 4.77. The van der Waals surface area contributed by atoms with Crippen molar-refractivity contribution in [3.05, 3.63) is 59.7 Å². The van der Waals surface area contributed by atoms with E-state index in [2.05, 4.69) is 12.2 Å². The molecule has 1 N–H and O–H groups in total. The number of nitrogens with one attached hydrogen (secondary N) is 1. The van der Waals surface area contributed by atoms with Crippen molar-refractivity contribution < 1.29 is 9.53 Å². The van der Waals surface area contributed by atoms with Gasteiger partial charge in [0.2, 0.25) is 0 Å². The Morgan fingerprint density at radius 2 is 1.80 bits per heavy atom. The smallest absolute Gasteiger partial charge is 0.262 e. The Balaban J connectivity index is 1.87. The minimum atomic E-state index is -0.154. The lowest BCUT2D eigenvalue weighted by Crippen LogP contribution is -2.20. The van der Waals surface area contributed by atoms with Gasteiger partial charge < -0.3 is 10.1 Å². The SMILES string of the molecule is CCc1ccc(OCC(=O)Nc2ccccc2C)cc1. The van der Waals surface area contributed by atoms with Crippen LogP contribution in [0.2, 0.25) is 0 Å². The van der Waals surface area contributed by atoms with Gasteiger partial charge in [0.15, 0.2) is 6.61 Å². The third-order valence-corrected chi connectivity index (χ3v) is 3.12. The first-order chi connectivity index (χ1) is 9.69. The largest absolute Gasteiger partial charge is 0.484 e. The molecule has 0 fully saturated rings. The molecule has 2 aromatic carbocycles. The number of carbonyl (C=O) groups is 1. The average Bonchev–Trinajstić information content (AvgIpc) is 2.48. The third kappa shape index (κ3) is 3.85. The van der Waals surface area contributed by atoms with Crippen molar-refractivity contribution in [1.82, 2.24) is 0 Å². The quantitative estimate of drug-likeness (QED) is 0.901. The molecule has 0 radical (unpaired) electrons. The lowest BCUT2D eigenvalue weighted by molar-refractivity contribution is -0.118. The second-order valence-electron chi connectivity index (χ2n) is 4.65. The topological polar surface area (TPSA) is 38.3 Å². The van der Waals surface area contributed by atoms with Crippen LogP contribution in [-0.4, -0.2) is 12.5 Å². The molecule has 0 aromatic heterocycles. The maximum absolute atomic E-state index is 11.8. The molecule has 3 heteroatoms. The van der Waals surface area contributed by atoms with Gasteiger partial charge in [0.25, 0.3) is 5.91 Å². The van der Waals surface area contributed by atoms with Gasteiger partial charge >= 0.3 is 0 Å². The van der Waals surface area contributed by atoms with E-state index in [0.29, 0.717) is 5.75 Å². The molecule has 0 spiro atoms. The predicted molar refractivity (Wildman–Crippen MR) is 81.1 cm³/mol. The van der Waals surface area contributed by atoms with E-state index in [4.69, 9.17) is 4.74 Å². The molecule has 0 aliphatic rings. The van der Waals surface area contributed by atoms with Gasteiger partial charge in [0, 0.05) is 5.69 Å². The molecular weight excluding hydrogens is 250 g/mol. The Hall–Kier alpha value is -2.29. The highest BCUT2D eigenvalue weighted by Gasteiger charge is 2.05. The first-order valence-corrected chi connectivity index (χ1v) is 6.76. The molecule has 2 rings (SSSR count). The van der Waals surface area contributed by atoms with Crippen molar-refractivity contribution in [1.29, 1.82) is 0 Å². The number of anilines is 1. The normalized spacial score (nSPS) is 10.1. The summed E-state index contributed by atoms with van der Waals surface area (Å²) in [7, 11) is 0. The van der Waals surface area contributed by atoms with Crippen LogP contribution in [0.1, 0.15) is 18.1 Å². The maximum atomic E-state index is 11.8. The van der Waals surface area contributed by atoms with E-state index in [1.807, 2.05) is 55.5 Å². The fourth-order valence-electron chi connectivity index (χ4n) is 1.87. The van der Waals surface area contributed by atoms with Crippen LogP contribution < -0.4 is 10.1 Å². The van der Waals surface area contributed by atoms with Crippen LogP contribution in [0.4, 0.5) is 5.69 Å². The van der Waals surface area contributed by atoms with Crippen molar-refractivity contribution in [3.8, 4) is 5.75 Å². The number of rotatable bonds is 5. The zero-order valence-corrected chi connectivity index (χ0v) is 11.8. The van der Waals surface area contributed by atoms with Crippen molar-refractivity contribution in [3.63, 3.8) is 0 Å². The second kappa shape index (κ2) is 6.75. The minimum absolute atomic E-state index is 0.0137. The van der Waals surface area contributed by atoms with Crippen molar-refractivity contribution in [2.45, 2.75) is 20.3 Å². The number of benzene rings is 2. The summed E-state index contributed by atoms with van der Waals surface area (Å²) in [6.45, 7) is 4.07. The third-order valence-electron chi connectivity index (χ3n) is 3.12. The van der Waals surface area contributed by atoms with E-state index in [-0.39, 0.29) is 12.5 Å². The Morgan fingerprint density at radius 3 is 2.45 bits per heavy atom. The molecule has 2 aromatic rings. The molecule has 1 amide bonds. The van der Waals surface area contributed by atoms with Gasteiger partial charge in [-0.3, -0.25) is 4.79 Å². The Labute approximate surface area is 119 Å². The molecule has 0 saturated carbocycles. The Morgan fingerprint density at radius 1 is 1.10 bits per heavy atom. The summed E-state index contributed by atoms with van der Waals surface area (Å²) in [6.07, 6.45) is 0.994. The average molecular weight is 269 g/mol. The molecule has 20 heavy (non-hydrogen) atoms. The van der Waals surface area contributed by atoms with Crippen LogP contribution in [0.5, 0.6) is 5.75 Å². The molecule has 0 unspecified atom stereocenters. The van der Waals surface area contributed by atoms with Crippen LogP contribution in [0.3, 0.4) is 0 Å². The minimum Gasteiger partial charge on any atom is -0.484 e. The van der Waals surface area contributed by atoms with E-state index in [1.165, 1.54) is 5.56 Å². The zero-order chi connectivity index (χ0) is 14.4.